The van der Waals surface area contributed by atoms with Gasteiger partial charge in [-0.2, -0.15) is 0 Å². The lowest BCUT2D eigenvalue weighted by Gasteiger charge is -2.30. The van der Waals surface area contributed by atoms with Crippen LogP contribution in [0, 0.1) is 0 Å². The normalized spacial score (nSPS) is 23.4. The number of esters is 1. The molecular weight excluding hydrogens is 350 g/mol. The molecule has 0 radical (unpaired) electrons. The van der Waals surface area contributed by atoms with Crippen LogP contribution in [0.15, 0.2) is 23.8 Å². The summed E-state index contributed by atoms with van der Waals surface area (Å²) in [5.41, 5.74) is 1.02. The van der Waals surface area contributed by atoms with Crippen LogP contribution in [-0.4, -0.2) is 68.2 Å². The summed E-state index contributed by atoms with van der Waals surface area (Å²) in [5.74, 6) is -0.813. The van der Waals surface area contributed by atoms with Gasteiger partial charge in [-0.15, -0.1) is 0 Å². The fraction of sp³-hybridized carbons (Fsp3) is 0.700. The lowest BCUT2D eigenvalue weighted by molar-refractivity contribution is -0.162. The monoisotopic (exact) mass is 379 g/mol. The highest BCUT2D eigenvalue weighted by Gasteiger charge is 2.38. The predicted molar refractivity (Wildman–Crippen MR) is 97.9 cm³/mol. The zero-order valence-electron chi connectivity index (χ0n) is 16.0. The lowest BCUT2D eigenvalue weighted by Crippen LogP contribution is -2.40. The van der Waals surface area contributed by atoms with Gasteiger partial charge in [0.25, 0.3) is 0 Å². The van der Waals surface area contributed by atoms with E-state index in [1.165, 1.54) is 6.08 Å². The van der Waals surface area contributed by atoms with Crippen molar-refractivity contribution >= 4 is 11.9 Å². The number of ether oxygens (including phenoxy) is 4. The Balaban J connectivity index is 1.38. The molecule has 27 heavy (non-hydrogen) atoms. The van der Waals surface area contributed by atoms with Crippen molar-refractivity contribution in [2.24, 2.45) is 0 Å². The Bertz CT molecular complexity index is 587. The van der Waals surface area contributed by atoms with Crippen LogP contribution in [0.5, 0.6) is 0 Å². The Hall–Kier alpha value is -1.70. The molecule has 0 unspecified atom stereocenters. The van der Waals surface area contributed by atoms with Crippen LogP contribution in [0.1, 0.15) is 39.0 Å². The van der Waals surface area contributed by atoms with Gasteiger partial charge in [0.15, 0.2) is 5.79 Å². The Morgan fingerprint density at radius 3 is 2.74 bits per heavy atom. The van der Waals surface area contributed by atoms with Crippen molar-refractivity contribution < 1.29 is 28.5 Å². The minimum absolute atomic E-state index is 0.0889. The largest absolute Gasteiger partial charge is 0.459 e. The number of hydrogen-bond donors (Lipinski definition) is 0. The summed E-state index contributed by atoms with van der Waals surface area (Å²) in [4.78, 5) is 26.0. The highest BCUT2D eigenvalue weighted by molar-refractivity contribution is 5.82. The minimum atomic E-state index is -0.508. The van der Waals surface area contributed by atoms with Crippen molar-refractivity contribution in [3.8, 4) is 0 Å². The molecule has 1 aliphatic carbocycles. The molecule has 1 spiro atoms. The van der Waals surface area contributed by atoms with E-state index in [0.29, 0.717) is 58.8 Å². The first-order valence-corrected chi connectivity index (χ1v) is 9.77. The SMILES string of the molecule is C[C@H](CCC(=O)N1CCOCC1)OC(=O)C=CC1=CCCC2(C1)OCCO2. The Morgan fingerprint density at radius 1 is 1.26 bits per heavy atom. The molecule has 1 amide bonds. The topological polar surface area (TPSA) is 74.3 Å². The van der Waals surface area contributed by atoms with Crippen LogP contribution < -0.4 is 0 Å². The maximum atomic E-state index is 12.1. The molecule has 0 aromatic carbocycles. The number of morpholine rings is 1. The number of carbonyl (C=O) groups excluding carboxylic acids is 2. The number of amides is 1. The first kappa shape index (κ1) is 20.0. The second-order valence-electron chi connectivity index (χ2n) is 7.21. The van der Waals surface area contributed by atoms with E-state index in [1.54, 1.807) is 11.0 Å². The molecule has 0 aromatic heterocycles. The van der Waals surface area contributed by atoms with Crippen LogP contribution in [0.4, 0.5) is 0 Å². The summed E-state index contributed by atoms with van der Waals surface area (Å²) in [7, 11) is 0. The van der Waals surface area contributed by atoms with E-state index >= 15 is 0 Å². The van der Waals surface area contributed by atoms with Crippen LogP contribution in [0.2, 0.25) is 0 Å². The fourth-order valence-electron chi connectivity index (χ4n) is 3.59. The zero-order chi connectivity index (χ0) is 19.1. The Kier molecular flexibility index (Phi) is 7.04. The minimum Gasteiger partial charge on any atom is -0.459 e. The van der Waals surface area contributed by atoms with Gasteiger partial charge in [-0.05, 0) is 25.3 Å². The van der Waals surface area contributed by atoms with Crippen molar-refractivity contribution in [1.82, 2.24) is 4.90 Å². The van der Waals surface area contributed by atoms with Crippen molar-refractivity contribution in [3.63, 3.8) is 0 Å². The highest BCUT2D eigenvalue weighted by atomic mass is 16.7. The number of rotatable bonds is 6. The molecule has 0 saturated carbocycles. The van der Waals surface area contributed by atoms with E-state index in [-0.39, 0.29) is 12.0 Å². The molecule has 2 fully saturated rings. The molecule has 7 nitrogen and oxygen atoms in total. The van der Waals surface area contributed by atoms with Crippen molar-refractivity contribution in [2.45, 2.75) is 50.9 Å². The van der Waals surface area contributed by atoms with Gasteiger partial charge in [-0.25, -0.2) is 4.79 Å². The first-order chi connectivity index (χ1) is 13.1. The molecule has 3 aliphatic rings. The average molecular weight is 379 g/mol. The molecule has 0 bridgehead atoms. The van der Waals surface area contributed by atoms with Gasteiger partial charge in [-0.1, -0.05) is 12.2 Å². The first-order valence-electron chi connectivity index (χ1n) is 9.77. The fourth-order valence-corrected chi connectivity index (χ4v) is 3.59. The second-order valence-corrected chi connectivity index (χ2v) is 7.21. The van der Waals surface area contributed by atoms with Gasteiger partial charge in [0.1, 0.15) is 0 Å². The summed E-state index contributed by atoms with van der Waals surface area (Å²) in [6, 6.07) is 0. The average Bonchev–Trinajstić information content (AvgIpc) is 3.12. The molecule has 2 aliphatic heterocycles. The lowest BCUT2D eigenvalue weighted by atomic mass is 9.93. The van der Waals surface area contributed by atoms with E-state index < -0.39 is 11.8 Å². The summed E-state index contributed by atoms with van der Waals surface area (Å²) in [6.07, 6.45) is 8.28. The number of hydrogen-bond acceptors (Lipinski definition) is 6. The summed E-state index contributed by atoms with van der Waals surface area (Å²) in [5, 5.41) is 0. The molecule has 0 N–H and O–H groups in total. The van der Waals surface area contributed by atoms with E-state index in [9.17, 15) is 9.59 Å². The van der Waals surface area contributed by atoms with Crippen LogP contribution in [0.25, 0.3) is 0 Å². The smallest absolute Gasteiger partial charge is 0.331 e. The van der Waals surface area contributed by atoms with Crippen molar-refractivity contribution in [2.75, 3.05) is 39.5 Å². The van der Waals surface area contributed by atoms with Gasteiger partial charge in [-0.3, -0.25) is 4.79 Å². The Labute approximate surface area is 160 Å². The van der Waals surface area contributed by atoms with E-state index in [1.807, 2.05) is 6.92 Å². The van der Waals surface area contributed by atoms with Crippen LogP contribution in [-0.2, 0) is 28.5 Å². The molecule has 2 heterocycles. The molecule has 2 saturated heterocycles. The molecule has 0 aromatic rings. The Morgan fingerprint density at radius 2 is 2.00 bits per heavy atom. The van der Waals surface area contributed by atoms with E-state index in [0.717, 1.165) is 18.4 Å². The predicted octanol–water partition coefficient (Wildman–Crippen LogP) is 1.97. The maximum absolute atomic E-state index is 12.1. The summed E-state index contributed by atoms with van der Waals surface area (Å²) < 4.78 is 22.1. The number of carbonyl (C=O) groups is 2. The maximum Gasteiger partial charge on any atom is 0.331 e. The number of nitrogens with zero attached hydrogens (tertiary/aromatic N) is 1. The van der Waals surface area contributed by atoms with Gasteiger partial charge < -0.3 is 23.8 Å². The molecule has 1 atom stereocenters. The third-order valence-electron chi connectivity index (χ3n) is 5.10. The van der Waals surface area contributed by atoms with Crippen molar-refractivity contribution in [3.05, 3.63) is 23.8 Å². The second kappa shape index (κ2) is 9.48. The third-order valence-corrected chi connectivity index (χ3v) is 5.10. The molecule has 7 heteroatoms. The third kappa shape index (κ3) is 5.89. The van der Waals surface area contributed by atoms with E-state index in [4.69, 9.17) is 18.9 Å². The standard InChI is InChI=1S/C20H29NO6/c1-16(4-6-18(22)21-9-11-24-12-10-21)27-19(23)7-5-17-3-2-8-20(15-17)25-13-14-26-20/h3,5,7,16H,2,4,6,8-15H2,1H3/t16-/m1/s1. The van der Waals surface area contributed by atoms with E-state index in [2.05, 4.69) is 6.08 Å². The molecule has 150 valence electrons. The quantitative estimate of drug-likeness (QED) is 0.519. The van der Waals surface area contributed by atoms with Gasteiger partial charge in [0.05, 0.1) is 32.5 Å². The van der Waals surface area contributed by atoms with Crippen molar-refractivity contribution in [1.29, 1.82) is 0 Å². The van der Waals surface area contributed by atoms with Crippen LogP contribution in [0.3, 0.4) is 0 Å². The van der Waals surface area contributed by atoms with Gasteiger partial charge in [0, 0.05) is 38.4 Å². The zero-order valence-corrected chi connectivity index (χ0v) is 16.0. The highest BCUT2D eigenvalue weighted by Crippen LogP contribution is 2.36. The van der Waals surface area contributed by atoms with Gasteiger partial charge >= 0.3 is 5.97 Å². The van der Waals surface area contributed by atoms with Crippen LogP contribution >= 0.6 is 0 Å². The molecular formula is C20H29NO6. The van der Waals surface area contributed by atoms with Gasteiger partial charge in [0.2, 0.25) is 5.91 Å². The summed E-state index contributed by atoms with van der Waals surface area (Å²) >= 11 is 0. The number of allylic oxidation sites excluding steroid dienone is 2. The molecule has 3 rings (SSSR count). The summed E-state index contributed by atoms with van der Waals surface area (Å²) in [6.45, 7) is 5.52.